The van der Waals surface area contributed by atoms with E-state index in [1.165, 1.54) is 15.3 Å². The maximum atomic E-state index is 12.8. The summed E-state index contributed by atoms with van der Waals surface area (Å²) in [6.45, 7) is 16.7. The Kier molecular flexibility index (Phi) is 33.1. The second-order valence-electron chi connectivity index (χ2n) is 28.7. The molecule has 36 heteroatoms. The van der Waals surface area contributed by atoms with E-state index in [1.54, 1.807) is 70.0 Å². The molecule has 12 aromatic rings. The molecule has 16 rings (SSSR count). The standard InChI is InChI=1S/C22H24N4O4.C18H18N4O2.C17H16N4O2.C14H16BrN3O3.C8H8ClNO.CH4.S3.S2.H2S/c1-22(2,3)30-21(28)26-10-16(15-7-14(8-20(23)27)24-9-19(15)26)18-6-4-5-17(25-18)13-11-29-12-13;1-22-8-14(13-5-12(6-18(19)23)20-7-17(13)22)16-4-2-3-15(21-16)11-9-24-10-11;18-17(22)5-11-4-12-13(6-20-16(12)7-19-11)15-3-1-2-14(21-15)10-8-23-9-10;1-14(2,3)21-13(20)18-7-10(15)9-4-8(5-12(16)19)17-6-11(9)18;9-8-3-1-2-7(10-8)6-4-11-5-6;;1-3-2;1-2;/h4-7,9-10,13H,8,11-12H2,1-3H3,(H2,23,27);2-5,7-8,11H,6,9-10H2,1H3,(H2,19,23);1-4,6-7,10,20H,5,8-9H2,(H2,18,22);4,6-7H,5H2,1-3H3,(H2,16,19);1-3,6H,4-5H2;1H4;;;1H2. The van der Waals surface area contributed by atoms with Gasteiger partial charge in [0.2, 0.25) is 23.6 Å². The third kappa shape index (κ3) is 24.4. The van der Waals surface area contributed by atoms with Gasteiger partial charge in [0.15, 0.2) is 0 Å². The van der Waals surface area contributed by atoms with Crippen molar-refractivity contribution < 1.29 is 57.2 Å². The van der Waals surface area contributed by atoms with Crippen LogP contribution < -0.4 is 22.9 Å². The van der Waals surface area contributed by atoms with Gasteiger partial charge in [0.1, 0.15) is 16.4 Å². The molecule has 0 aliphatic carbocycles. The number of fused-ring (bicyclic) bond motifs is 4. The first kappa shape index (κ1) is 91.8. The highest BCUT2D eigenvalue weighted by Crippen LogP contribution is 2.36. The SMILES string of the molecule is C.CC(C)(C)OC(=O)n1cc(-c2cccc(C3COC3)n2)c2cc(CC(N)=O)ncc21.CC(C)(C)OC(=O)n1cc(Br)c2cc(CC(N)=O)ncc21.Clc1cccc(C2COC2)n1.Cn1cc(-c2cccc(C3COC3)n2)c2cc(CC(N)=O)ncc21.NC(=O)Cc1cc2c(-c3cccc(C4COC4)n3)c[nH]c2cn1.S.S=S.S=S=S. The molecule has 4 aliphatic heterocycles. The number of carbonyl (C=O) groups is 6. The summed E-state index contributed by atoms with van der Waals surface area (Å²) in [4.78, 5) is 108. The van der Waals surface area contributed by atoms with Crippen molar-refractivity contribution in [2.75, 3.05) is 52.9 Å². The molecule has 9 N–H and O–H groups in total. The lowest BCUT2D eigenvalue weighted by Crippen LogP contribution is -2.26. The van der Waals surface area contributed by atoms with Crippen molar-refractivity contribution in [3.05, 3.63) is 202 Å². The van der Waals surface area contributed by atoms with Crippen LogP contribution >= 0.6 is 41.0 Å². The number of nitrogens with one attached hydrogen (secondary N) is 1. The fraction of sp³-hybridized carbons (Fsp3) is 0.325. The molecule has 16 heterocycles. The highest BCUT2D eigenvalue weighted by Gasteiger charge is 2.29. The molecule has 4 amide bonds. The number of H-pyrrole nitrogens is 1. The number of aryl methyl sites for hydroxylation is 1. The second-order valence-corrected chi connectivity index (χ2v) is 31.7. The van der Waals surface area contributed by atoms with Crippen molar-refractivity contribution in [2.24, 2.45) is 30.0 Å². The zero-order valence-corrected chi connectivity index (χ0v) is 71.0. The van der Waals surface area contributed by atoms with Gasteiger partial charge in [0.05, 0.1) is 165 Å². The molecule has 116 heavy (non-hydrogen) atoms. The summed E-state index contributed by atoms with van der Waals surface area (Å²) in [5, 5.41) is 4.10. The monoisotopic (exact) mass is 1770 g/mol. The zero-order valence-electron chi connectivity index (χ0n) is 63.6. The van der Waals surface area contributed by atoms with Crippen LogP contribution in [0.1, 0.15) is 118 Å². The van der Waals surface area contributed by atoms with Crippen LogP contribution in [0.5, 0.6) is 0 Å². The van der Waals surface area contributed by atoms with E-state index in [2.05, 4.69) is 90.6 Å². The van der Waals surface area contributed by atoms with Crippen LogP contribution in [0.4, 0.5) is 9.59 Å². The normalized spacial score (nSPS) is 13.7. The number of nitrogens with two attached hydrogens (primary N) is 4. The van der Waals surface area contributed by atoms with Crippen LogP contribution in [0.3, 0.4) is 0 Å². The average molecular weight is 1770 g/mol. The number of rotatable bonds is 15. The number of nitrogens with zero attached hydrogens (tertiary/aromatic N) is 11. The topological polar surface area (TPSA) is 396 Å². The largest absolute Gasteiger partial charge is 0.443 e. The predicted octanol–water partition coefficient (Wildman–Crippen LogP) is 11.8. The molecule has 0 spiro atoms. The summed E-state index contributed by atoms with van der Waals surface area (Å²) in [7, 11) is 2.89. The van der Waals surface area contributed by atoms with Crippen LogP contribution in [-0.4, -0.2) is 158 Å². The Bertz CT molecular complexity index is 5560. The summed E-state index contributed by atoms with van der Waals surface area (Å²) in [5.41, 5.74) is 34.7. The maximum Gasteiger partial charge on any atom is 0.419 e. The number of primary amides is 4. The lowest BCUT2D eigenvalue weighted by Gasteiger charge is -2.25. The zero-order chi connectivity index (χ0) is 82.1. The lowest BCUT2D eigenvalue weighted by atomic mass is 10.0. The molecule has 12 aromatic heterocycles. The third-order valence-corrected chi connectivity index (χ3v) is 18.5. The first-order chi connectivity index (χ1) is 54.5. The molecule has 4 aliphatic rings. The van der Waals surface area contributed by atoms with Gasteiger partial charge in [0, 0.05) is 175 Å². The van der Waals surface area contributed by atoms with E-state index in [9.17, 15) is 28.8 Å². The Morgan fingerprint density at radius 2 is 0.828 bits per heavy atom. The summed E-state index contributed by atoms with van der Waals surface area (Å²) >= 11 is 24.7. The summed E-state index contributed by atoms with van der Waals surface area (Å²) in [6, 6.07) is 30.9. The average Bonchev–Trinajstić information content (AvgIpc) is 1.57. The maximum absolute atomic E-state index is 12.8. The number of pyridine rings is 8. The number of halogens is 2. The van der Waals surface area contributed by atoms with Crippen molar-refractivity contribution in [3.8, 4) is 33.8 Å². The second kappa shape index (κ2) is 41.9. The number of aromatic nitrogens is 12. The van der Waals surface area contributed by atoms with Gasteiger partial charge in [-0.1, -0.05) is 43.3 Å². The van der Waals surface area contributed by atoms with E-state index in [-0.39, 0.29) is 64.3 Å². The Morgan fingerprint density at radius 1 is 0.500 bits per heavy atom. The van der Waals surface area contributed by atoms with Crippen molar-refractivity contribution >= 4 is 174 Å². The molecule has 0 atom stereocenters. The van der Waals surface area contributed by atoms with Gasteiger partial charge in [-0.3, -0.25) is 58.6 Å². The minimum atomic E-state index is -0.643. The molecule has 0 bridgehead atoms. The molecule has 610 valence electrons. The third-order valence-electron chi connectivity index (χ3n) is 17.7. The quantitative estimate of drug-likeness (QED) is 0.0595. The van der Waals surface area contributed by atoms with Crippen LogP contribution in [0, 0.1) is 0 Å². The highest BCUT2D eigenvalue weighted by atomic mass is 79.9. The summed E-state index contributed by atoms with van der Waals surface area (Å²) < 4.78 is 37.3. The van der Waals surface area contributed by atoms with Gasteiger partial charge in [-0.05, 0) is 130 Å². The van der Waals surface area contributed by atoms with Crippen molar-refractivity contribution in [1.29, 1.82) is 0 Å². The Hall–Kier alpha value is -9.76. The van der Waals surface area contributed by atoms with Crippen molar-refractivity contribution in [3.63, 3.8) is 0 Å². The molecule has 0 saturated carbocycles. The number of amides is 4. The van der Waals surface area contributed by atoms with Gasteiger partial charge in [-0.25, -0.2) is 19.1 Å². The van der Waals surface area contributed by atoms with E-state index in [4.69, 9.17) is 77.9 Å². The Labute approximate surface area is 712 Å². The smallest absolute Gasteiger partial charge is 0.419 e. The Balaban J connectivity index is 0.000000182. The van der Waals surface area contributed by atoms with Gasteiger partial charge >= 0.3 is 12.2 Å². The van der Waals surface area contributed by atoms with Gasteiger partial charge in [0.25, 0.3) is 0 Å². The Morgan fingerprint density at radius 3 is 1.21 bits per heavy atom. The number of ether oxygens (including phenoxy) is 6. The van der Waals surface area contributed by atoms with E-state index < -0.39 is 35.2 Å². The van der Waals surface area contributed by atoms with Crippen LogP contribution in [0.2, 0.25) is 5.15 Å². The fourth-order valence-corrected chi connectivity index (χ4v) is 12.8. The number of aromatic amines is 1. The molecular weight excluding hydrogens is 1680 g/mol. The molecule has 0 aromatic carbocycles. The van der Waals surface area contributed by atoms with E-state index in [1.807, 2.05) is 124 Å². The number of carbonyl (C=O) groups excluding carboxylic acids is 6. The van der Waals surface area contributed by atoms with E-state index in [0.717, 1.165) is 142 Å². The fourth-order valence-electron chi connectivity index (χ4n) is 12.1. The number of hydrogen-bond donors (Lipinski definition) is 5. The predicted molar refractivity (Wildman–Crippen MR) is 466 cm³/mol. The van der Waals surface area contributed by atoms with Crippen molar-refractivity contribution in [2.45, 2.75) is 110 Å². The van der Waals surface area contributed by atoms with Crippen LogP contribution in [0.25, 0.3) is 77.4 Å². The van der Waals surface area contributed by atoms with Crippen molar-refractivity contribution in [1.82, 2.24) is 58.6 Å². The van der Waals surface area contributed by atoms with E-state index >= 15 is 0 Å². The minimum Gasteiger partial charge on any atom is -0.443 e. The van der Waals surface area contributed by atoms with E-state index in [0.29, 0.717) is 69.9 Å². The molecule has 0 unspecified atom stereocenters. The van der Waals surface area contributed by atoms with Crippen LogP contribution in [-0.2, 0) is 134 Å². The molecule has 4 saturated heterocycles. The first-order valence-electron chi connectivity index (χ1n) is 35.6. The van der Waals surface area contributed by atoms with Gasteiger partial charge in [-0.15, -0.1) is 0 Å². The molecule has 4 fully saturated rings. The number of hydrogen-bond acceptors (Lipinski definition) is 24. The first-order valence-corrected chi connectivity index (χ1v) is 40.7. The molecule has 0 radical (unpaired) electrons. The summed E-state index contributed by atoms with van der Waals surface area (Å²) in [5.74, 6) is -0.197. The van der Waals surface area contributed by atoms with Gasteiger partial charge < -0.3 is 60.9 Å². The highest BCUT2D eigenvalue weighted by molar-refractivity contribution is 9.10. The van der Waals surface area contributed by atoms with Crippen LogP contribution in [0.15, 0.2) is 151 Å². The minimum absolute atomic E-state index is 0. The summed E-state index contributed by atoms with van der Waals surface area (Å²) in [6.07, 6.45) is 13.2. The lowest BCUT2D eigenvalue weighted by molar-refractivity contribution is -0.118. The molecule has 28 nitrogen and oxygen atoms in total. The van der Waals surface area contributed by atoms with Gasteiger partial charge in [-0.2, -0.15) is 13.5 Å². The molecular formula is C80H88BrClN16O12S6.